The van der Waals surface area contributed by atoms with E-state index in [4.69, 9.17) is 9.15 Å². The van der Waals surface area contributed by atoms with Crippen LogP contribution in [0.2, 0.25) is 0 Å². The molecular weight excluding hydrogens is 236 g/mol. The zero-order valence-electron chi connectivity index (χ0n) is 10.7. The highest BCUT2D eigenvalue weighted by Crippen LogP contribution is 2.34. The molecule has 0 N–H and O–H groups in total. The van der Waals surface area contributed by atoms with E-state index >= 15 is 0 Å². The Morgan fingerprint density at radius 1 is 0.842 bits per heavy atom. The van der Waals surface area contributed by atoms with Crippen LogP contribution in [0.15, 0.2) is 71.3 Å². The van der Waals surface area contributed by atoms with Crippen molar-refractivity contribution < 1.29 is 9.15 Å². The third-order valence-electron chi connectivity index (χ3n) is 3.09. The predicted molar refractivity (Wildman–Crippen MR) is 76.1 cm³/mol. The van der Waals surface area contributed by atoms with E-state index in [0.29, 0.717) is 0 Å². The second-order valence-corrected chi connectivity index (χ2v) is 4.26. The Bertz CT molecular complexity index is 655. The summed E-state index contributed by atoms with van der Waals surface area (Å²) in [5, 5.41) is 0. The van der Waals surface area contributed by atoms with Crippen LogP contribution in [0.5, 0.6) is 5.75 Å². The second-order valence-electron chi connectivity index (χ2n) is 4.26. The summed E-state index contributed by atoms with van der Waals surface area (Å²) in [4.78, 5) is 0. The molecule has 2 nitrogen and oxygen atoms in total. The van der Waals surface area contributed by atoms with Gasteiger partial charge in [-0.05, 0) is 29.8 Å². The van der Waals surface area contributed by atoms with Gasteiger partial charge in [-0.15, -0.1) is 0 Å². The highest BCUT2D eigenvalue weighted by atomic mass is 16.5. The summed E-state index contributed by atoms with van der Waals surface area (Å²) in [5.74, 6) is 1.69. The van der Waals surface area contributed by atoms with Crippen LogP contribution in [0, 0.1) is 0 Å². The Balaban J connectivity index is 2.08. The Hall–Kier alpha value is -2.48. The topological polar surface area (TPSA) is 22.4 Å². The van der Waals surface area contributed by atoms with Crippen molar-refractivity contribution in [3.05, 3.63) is 66.9 Å². The minimum absolute atomic E-state index is 0.845. The smallest absolute Gasteiger partial charge is 0.133 e. The van der Waals surface area contributed by atoms with Crippen molar-refractivity contribution in [3.8, 4) is 28.2 Å². The van der Waals surface area contributed by atoms with Crippen molar-refractivity contribution in [1.82, 2.24) is 0 Å². The third kappa shape index (κ3) is 2.25. The molecule has 3 aromatic rings. The van der Waals surface area contributed by atoms with E-state index < -0.39 is 0 Å². The van der Waals surface area contributed by atoms with Crippen LogP contribution >= 0.6 is 0 Å². The standard InChI is InChI=1S/C17H14O2/c1-18-17-12-14(16-8-5-11-19-16)9-10-15(17)13-6-3-2-4-7-13/h2-12H,1H3. The van der Waals surface area contributed by atoms with E-state index in [2.05, 4.69) is 18.2 Å². The summed E-state index contributed by atoms with van der Waals surface area (Å²) in [5.41, 5.74) is 3.24. The summed E-state index contributed by atoms with van der Waals surface area (Å²) >= 11 is 0. The van der Waals surface area contributed by atoms with Crippen molar-refractivity contribution in [2.24, 2.45) is 0 Å². The molecule has 0 saturated carbocycles. The van der Waals surface area contributed by atoms with Gasteiger partial charge in [0.25, 0.3) is 0 Å². The molecule has 0 spiro atoms. The van der Waals surface area contributed by atoms with E-state index in [9.17, 15) is 0 Å². The molecule has 2 heteroatoms. The number of hydrogen-bond acceptors (Lipinski definition) is 2. The highest BCUT2D eigenvalue weighted by Gasteiger charge is 2.08. The summed E-state index contributed by atoms with van der Waals surface area (Å²) < 4.78 is 10.9. The minimum atomic E-state index is 0.845. The van der Waals surface area contributed by atoms with Gasteiger partial charge in [-0.25, -0.2) is 0 Å². The fraction of sp³-hybridized carbons (Fsp3) is 0.0588. The van der Waals surface area contributed by atoms with Gasteiger partial charge in [-0.2, -0.15) is 0 Å². The third-order valence-corrected chi connectivity index (χ3v) is 3.09. The molecule has 19 heavy (non-hydrogen) atoms. The van der Waals surface area contributed by atoms with Crippen LogP contribution < -0.4 is 4.74 Å². The molecule has 0 aliphatic heterocycles. The Morgan fingerprint density at radius 3 is 2.37 bits per heavy atom. The lowest BCUT2D eigenvalue weighted by molar-refractivity contribution is 0.416. The monoisotopic (exact) mass is 250 g/mol. The molecule has 0 saturated heterocycles. The van der Waals surface area contributed by atoms with Gasteiger partial charge < -0.3 is 9.15 Å². The number of methoxy groups -OCH3 is 1. The van der Waals surface area contributed by atoms with Gasteiger partial charge >= 0.3 is 0 Å². The molecule has 0 fully saturated rings. The van der Waals surface area contributed by atoms with Crippen molar-refractivity contribution in [3.63, 3.8) is 0 Å². The molecule has 0 atom stereocenters. The maximum Gasteiger partial charge on any atom is 0.133 e. The maximum absolute atomic E-state index is 5.50. The molecule has 0 aliphatic rings. The molecule has 0 aliphatic carbocycles. The quantitative estimate of drug-likeness (QED) is 0.676. The summed E-state index contributed by atoms with van der Waals surface area (Å²) in [6.45, 7) is 0. The van der Waals surface area contributed by atoms with Gasteiger partial charge in [0.15, 0.2) is 0 Å². The van der Waals surface area contributed by atoms with Crippen LogP contribution in [0.25, 0.3) is 22.5 Å². The van der Waals surface area contributed by atoms with Gasteiger partial charge in [-0.1, -0.05) is 36.4 Å². The lowest BCUT2D eigenvalue weighted by Crippen LogP contribution is -1.88. The first-order chi connectivity index (χ1) is 9.38. The van der Waals surface area contributed by atoms with Crippen LogP contribution in [-0.4, -0.2) is 7.11 Å². The largest absolute Gasteiger partial charge is 0.496 e. The average molecular weight is 250 g/mol. The van der Waals surface area contributed by atoms with Crippen LogP contribution in [0.1, 0.15) is 0 Å². The van der Waals surface area contributed by atoms with Gasteiger partial charge in [-0.3, -0.25) is 0 Å². The summed E-state index contributed by atoms with van der Waals surface area (Å²) in [6.07, 6.45) is 1.67. The van der Waals surface area contributed by atoms with Crippen LogP contribution in [0.4, 0.5) is 0 Å². The van der Waals surface area contributed by atoms with Crippen molar-refractivity contribution >= 4 is 0 Å². The van der Waals surface area contributed by atoms with E-state index in [-0.39, 0.29) is 0 Å². The van der Waals surface area contributed by atoms with Crippen molar-refractivity contribution in [1.29, 1.82) is 0 Å². The molecule has 0 bridgehead atoms. The first-order valence-corrected chi connectivity index (χ1v) is 6.16. The number of benzene rings is 2. The zero-order valence-corrected chi connectivity index (χ0v) is 10.7. The van der Waals surface area contributed by atoms with Crippen LogP contribution in [-0.2, 0) is 0 Å². The van der Waals surface area contributed by atoms with Gasteiger partial charge in [0.2, 0.25) is 0 Å². The first-order valence-electron chi connectivity index (χ1n) is 6.16. The maximum atomic E-state index is 5.50. The molecule has 0 unspecified atom stereocenters. The molecule has 0 radical (unpaired) electrons. The minimum Gasteiger partial charge on any atom is -0.496 e. The summed E-state index contributed by atoms with van der Waals surface area (Å²) in [6, 6.07) is 20.1. The SMILES string of the molecule is COc1cc(-c2ccco2)ccc1-c1ccccc1. The lowest BCUT2D eigenvalue weighted by Gasteiger charge is -2.10. The highest BCUT2D eigenvalue weighted by molar-refractivity contribution is 5.74. The summed E-state index contributed by atoms with van der Waals surface area (Å²) in [7, 11) is 1.69. The zero-order chi connectivity index (χ0) is 13.1. The van der Waals surface area contributed by atoms with E-state index in [0.717, 1.165) is 28.2 Å². The van der Waals surface area contributed by atoms with E-state index in [1.54, 1.807) is 13.4 Å². The van der Waals surface area contributed by atoms with Gasteiger partial charge in [0.05, 0.1) is 13.4 Å². The van der Waals surface area contributed by atoms with Crippen LogP contribution in [0.3, 0.4) is 0 Å². The molecule has 3 rings (SSSR count). The lowest BCUT2D eigenvalue weighted by atomic mass is 10.0. The number of rotatable bonds is 3. The molecule has 2 aromatic carbocycles. The molecule has 1 heterocycles. The van der Waals surface area contributed by atoms with Gasteiger partial charge in [0, 0.05) is 11.1 Å². The van der Waals surface area contributed by atoms with E-state index in [1.165, 1.54) is 0 Å². The molecule has 1 aromatic heterocycles. The fourth-order valence-electron chi connectivity index (χ4n) is 2.14. The Kier molecular flexibility index (Phi) is 3.07. The Labute approximate surface area is 112 Å². The number of furan rings is 1. The average Bonchev–Trinajstić information content (AvgIpc) is 3.02. The van der Waals surface area contributed by atoms with Crippen molar-refractivity contribution in [2.45, 2.75) is 0 Å². The van der Waals surface area contributed by atoms with Crippen molar-refractivity contribution in [2.75, 3.05) is 7.11 Å². The first kappa shape index (κ1) is 11.6. The second kappa shape index (κ2) is 5.02. The predicted octanol–water partition coefficient (Wildman–Crippen LogP) is 4.62. The van der Waals surface area contributed by atoms with Gasteiger partial charge in [0.1, 0.15) is 11.5 Å². The number of hydrogen-bond donors (Lipinski definition) is 0. The normalized spacial score (nSPS) is 10.4. The molecule has 0 amide bonds. The fourth-order valence-corrected chi connectivity index (χ4v) is 2.14. The molecular formula is C17H14O2. The number of ether oxygens (including phenoxy) is 1. The molecule has 94 valence electrons. The Morgan fingerprint density at radius 2 is 1.68 bits per heavy atom. The van der Waals surface area contributed by atoms with E-state index in [1.807, 2.05) is 42.5 Å².